The van der Waals surface area contributed by atoms with Crippen LogP contribution in [0.15, 0.2) is 24.3 Å². The van der Waals surface area contributed by atoms with Gasteiger partial charge in [-0.1, -0.05) is 12.1 Å². The first kappa shape index (κ1) is 15.3. The summed E-state index contributed by atoms with van der Waals surface area (Å²) in [5.74, 6) is -0.574. The van der Waals surface area contributed by atoms with Gasteiger partial charge >= 0.3 is 15.6 Å². The number of benzene rings is 1. The topological polar surface area (TPSA) is 87.4 Å². The first-order chi connectivity index (χ1) is 8.49. The van der Waals surface area contributed by atoms with Crippen LogP contribution in [0.1, 0.15) is 12.5 Å². The van der Waals surface area contributed by atoms with E-state index in [1.54, 1.807) is 6.07 Å². The van der Waals surface area contributed by atoms with Gasteiger partial charge in [0.15, 0.2) is 5.60 Å². The van der Waals surface area contributed by atoms with Crippen molar-refractivity contribution >= 4 is 10.1 Å². The average molecular weight is 295 g/mol. The van der Waals surface area contributed by atoms with Crippen LogP contribution in [0.3, 0.4) is 0 Å². The SMILES string of the molecule is CC(O)(C#N)c1ccc(OS(=O)(=O)C(F)(F)F)cc1. The minimum absolute atomic E-state index is 0.0896. The number of aliphatic hydroxyl groups is 1. The normalized spacial score (nSPS) is 15.4. The zero-order valence-electron chi connectivity index (χ0n) is 9.47. The average Bonchev–Trinajstić information content (AvgIpc) is 2.27. The molecule has 0 aliphatic carbocycles. The first-order valence-electron chi connectivity index (χ1n) is 4.74. The van der Waals surface area contributed by atoms with Crippen molar-refractivity contribution in [3.8, 4) is 11.8 Å². The molecule has 1 N–H and O–H groups in total. The molecule has 0 saturated carbocycles. The van der Waals surface area contributed by atoms with Crippen molar-refractivity contribution < 1.29 is 30.9 Å². The summed E-state index contributed by atoms with van der Waals surface area (Å²) in [6.45, 7) is 1.18. The fourth-order valence-corrected chi connectivity index (χ4v) is 1.53. The molecule has 1 aromatic rings. The fourth-order valence-electron chi connectivity index (χ4n) is 1.07. The molecule has 0 saturated heterocycles. The third-order valence-corrected chi connectivity index (χ3v) is 3.10. The lowest BCUT2D eigenvalue weighted by atomic mass is 9.98. The lowest BCUT2D eigenvalue weighted by Gasteiger charge is -2.15. The smallest absolute Gasteiger partial charge is 0.376 e. The van der Waals surface area contributed by atoms with Gasteiger partial charge in [0.25, 0.3) is 0 Å². The quantitative estimate of drug-likeness (QED) is 0.520. The molecule has 9 heteroatoms. The molecule has 19 heavy (non-hydrogen) atoms. The van der Waals surface area contributed by atoms with Crippen LogP contribution < -0.4 is 4.18 Å². The molecule has 1 unspecified atom stereocenters. The molecule has 0 bridgehead atoms. The Hall–Kier alpha value is -1.79. The van der Waals surface area contributed by atoms with Crippen LogP contribution in [0.2, 0.25) is 0 Å². The Morgan fingerprint density at radius 3 is 2.11 bits per heavy atom. The Bertz CT molecular complexity index is 599. The first-order valence-corrected chi connectivity index (χ1v) is 6.15. The fraction of sp³-hybridized carbons (Fsp3) is 0.300. The summed E-state index contributed by atoms with van der Waals surface area (Å²) in [7, 11) is -5.73. The number of halogens is 3. The zero-order chi connectivity index (χ0) is 14.9. The predicted octanol–water partition coefficient (Wildman–Crippen LogP) is 1.65. The second kappa shape index (κ2) is 4.71. The summed E-state index contributed by atoms with van der Waals surface area (Å²) in [5, 5.41) is 18.2. The van der Waals surface area contributed by atoms with Gasteiger partial charge in [-0.2, -0.15) is 26.9 Å². The van der Waals surface area contributed by atoms with E-state index < -0.39 is 27.0 Å². The molecule has 0 heterocycles. The van der Waals surface area contributed by atoms with Crippen LogP contribution >= 0.6 is 0 Å². The monoisotopic (exact) mass is 295 g/mol. The van der Waals surface area contributed by atoms with Crippen molar-refractivity contribution in [1.82, 2.24) is 0 Å². The van der Waals surface area contributed by atoms with Crippen LogP contribution in [0.4, 0.5) is 13.2 Å². The molecule has 0 aliphatic rings. The third kappa shape index (κ3) is 3.36. The second-order valence-corrected chi connectivity index (χ2v) is 5.23. The summed E-state index contributed by atoms with van der Waals surface area (Å²) in [6, 6.07) is 5.56. The number of alkyl halides is 3. The Morgan fingerprint density at radius 1 is 1.26 bits per heavy atom. The van der Waals surface area contributed by atoms with E-state index in [2.05, 4.69) is 4.18 Å². The van der Waals surface area contributed by atoms with Crippen molar-refractivity contribution in [1.29, 1.82) is 5.26 Å². The van der Waals surface area contributed by atoms with Crippen molar-refractivity contribution in [3.05, 3.63) is 29.8 Å². The van der Waals surface area contributed by atoms with E-state index in [1.165, 1.54) is 6.92 Å². The minimum Gasteiger partial charge on any atom is -0.376 e. The summed E-state index contributed by atoms with van der Waals surface area (Å²) < 4.78 is 61.4. The highest BCUT2D eigenvalue weighted by Gasteiger charge is 2.48. The minimum atomic E-state index is -5.73. The third-order valence-electron chi connectivity index (χ3n) is 2.12. The van der Waals surface area contributed by atoms with Gasteiger partial charge in [0.05, 0.1) is 0 Å². The van der Waals surface area contributed by atoms with Crippen LogP contribution in [0.25, 0.3) is 0 Å². The van der Waals surface area contributed by atoms with E-state index in [9.17, 15) is 26.7 Å². The molecule has 5 nitrogen and oxygen atoms in total. The van der Waals surface area contributed by atoms with E-state index >= 15 is 0 Å². The van der Waals surface area contributed by atoms with Crippen LogP contribution in [-0.2, 0) is 15.7 Å². The van der Waals surface area contributed by atoms with E-state index in [-0.39, 0.29) is 5.56 Å². The van der Waals surface area contributed by atoms with Gasteiger partial charge in [-0.05, 0) is 24.6 Å². The van der Waals surface area contributed by atoms with Gasteiger partial charge in [-0.15, -0.1) is 0 Å². The number of hydrogen-bond donors (Lipinski definition) is 1. The summed E-state index contributed by atoms with van der Waals surface area (Å²) in [4.78, 5) is 0. The zero-order valence-corrected chi connectivity index (χ0v) is 10.3. The van der Waals surface area contributed by atoms with E-state index in [0.29, 0.717) is 0 Å². The van der Waals surface area contributed by atoms with Gasteiger partial charge < -0.3 is 9.29 Å². The lowest BCUT2D eigenvalue weighted by molar-refractivity contribution is -0.0500. The van der Waals surface area contributed by atoms with Gasteiger partial charge in [0, 0.05) is 0 Å². The highest BCUT2D eigenvalue weighted by atomic mass is 32.2. The van der Waals surface area contributed by atoms with Crippen LogP contribution in [0, 0.1) is 11.3 Å². The molecule has 0 amide bonds. The molecule has 1 atom stereocenters. The number of nitriles is 1. The van der Waals surface area contributed by atoms with Crippen molar-refractivity contribution in [2.24, 2.45) is 0 Å². The number of rotatable bonds is 3. The van der Waals surface area contributed by atoms with Gasteiger partial charge in [0.2, 0.25) is 0 Å². The predicted molar refractivity (Wildman–Crippen MR) is 57.2 cm³/mol. The second-order valence-electron chi connectivity index (χ2n) is 3.69. The molecule has 0 radical (unpaired) electrons. The molecular weight excluding hydrogens is 287 g/mol. The van der Waals surface area contributed by atoms with E-state index in [4.69, 9.17) is 5.26 Å². The highest BCUT2D eigenvalue weighted by Crippen LogP contribution is 2.28. The van der Waals surface area contributed by atoms with Crippen molar-refractivity contribution in [2.75, 3.05) is 0 Å². The van der Waals surface area contributed by atoms with Gasteiger partial charge in [-0.3, -0.25) is 0 Å². The Kier molecular flexibility index (Phi) is 3.79. The molecular formula is C10H8F3NO4S. The molecule has 0 fully saturated rings. The summed E-state index contributed by atoms with van der Waals surface area (Å²) in [5.41, 5.74) is -7.27. The molecule has 0 aromatic heterocycles. The molecule has 1 rings (SSSR count). The van der Waals surface area contributed by atoms with E-state index in [1.807, 2.05) is 0 Å². The van der Waals surface area contributed by atoms with Crippen molar-refractivity contribution in [3.63, 3.8) is 0 Å². The van der Waals surface area contributed by atoms with Crippen LogP contribution in [0.5, 0.6) is 5.75 Å². The number of nitrogens with zero attached hydrogens (tertiary/aromatic N) is 1. The van der Waals surface area contributed by atoms with E-state index in [0.717, 1.165) is 24.3 Å². The Morgan fingerprint density at radius 2 is 1.74 bits per heavy atom. The molecule has 0 aliphatic heterocycles. The molecule has 104 valence electrons. The largest absolute Gasteiger partial charge is 0.534 e. The summed E-state index contributed by atoms with van der Waals surface area (Å²) in [6.07, 6.45) is 0. The maximum atomic E-state index is 12.0. The lowest BCUT2D eigenvalue weighted by Crippen LogP contribution is -2.28. The maximum Gasteiger partial charge on any atom is 0.534 e. The summed E-state index contributed by atoms with van der Waals surface area (Å²) >= 11 is 0. The molecule has 0 spiro atoms. The molecule has 1 aromatic carbocycles. The standard InChI is InChI=1S/C10H8F3NO4S/c1-9(15,6-14)7-2-4-8(5-3-7)18-19(16,17)10(11,12)13/h2-5,15H,1H3. The highest BCUT2D eigenvalue weighted by molar-refractivity contribution is 7.87. The van der Waals surface area contributed by atoms with Gasteiger partial charge in [0.1, 0.15) is 11.8 Å². The van der Waals surface area contributed by atoms with Crippen molar-refractivity contribution in [2.45, 2.75) is 18.0 Å². The Labute approximate surface area is 107 Å². The van der Waals surface area contributed by atoms with Crippen LogP contribution in [-0.4, -0.2) is 19.0 Å². The van der Waals surface area contributed by atoms with Gasteiger partial charge in [-0.25, -0.2) is 0 Å². The Balaban J connectivity index is 3.01. The maximum absolute atomic E-state index is 12.0. The number of hydrogen-bond acceptors (Lipinski definition) is 5.